The number of nitrogens with zero attached hydrogens (tertiary/aromatic N) is 2. The van der Waals surface area contributed by atoms with Crippen molar-refractivity contribution in [2.24, 2.45) is 5.10 Å². The quantitative estimate of drug-likeness (QED) is 0.618. The Bertz CT molecular complexity index is 636. The van der Waals surface area contributed by atoms with Crippen LogP contribution >= 0.6 is 0 Å². The second-order valence-electron chi connectivity index (χ2n) is 6.06. The Morgan fingerprint density at radius 3 is 2.67 bits per heavy atom. The minimum Gasteiger partial charge on any atom is -0.492 e. The van der Waals surface area contributed by atoms with E-state index in [0.717, 1.165) is 30.2 Å². The molecule has 4 heteroatoms. The van der Waals surface area contributed by atoms with E-state index in [2.05, 4.69) is 15.4 Å². The van der Waals surface area contributed by atoms with Gasteiger partial charge in [-0.1, -0.05) is 36.8 Å². The van der Waals surface area contributed by atoms with Gasteiger partial charge in [0.1, 0.15) is 12.4 Å². The summed E-state index contributed by atoms with van der Waals surface area (Å²) in [6.45, 7) is 4.17. The third-order valence-corrected chi connectivity index (χ3v) is 4.16. The molecule has 1 heterocycles. The van der Waals surface area contributed by atoms with Crippen LogP contribution in [0.3, 0.4) is 0 Å². The minimum atomic E-state index is 0.739. The maximum atomic E-state index is 5.89. The lowest BCUT2D eigenvalue weighted by molar-refractivity contribution is 0.183. The predicted octanol–water partition coefficient (Wildman–Crippen LogP) is 4.00. The Morgan fingerprint density at radius 2 is 1.83 bits per heavy atom. The number of hydrogen-bond acceptors (Lipinski definition) is 4. The molecule has 0 aromatic heterocycles. The first-order valence-corrected chi connectivity index (χ1v) is 8.69. The lowest BCUT2D eigenvalue weighted by Crippen LogP contribution is -2.33. The molecule has 1 fully saturated rings. The molecule has 0 radical (unpaired) electrons. The van der Waals surface area contributed by atoms with Crippen molar-refractivity contribution in [2.45, 2.75) is 19.3 Å². The highest BCUT2D eigenvalue weighted by molar-refractivity contribution is 5.80. The standard InChI is InChI=1S/C20H25N3O/c1-3-9-19(10-4-1)22-21-17-18-8-7-11-20(16-18)24-15-14-23-12-5-2-6-13-23/h1,3-4,7-11,16-17,22H,2,5-6,12-15H2. The second-order valence-corrected chi connectivity index (χ2v) is 6.06. The minimum absolute atomic E-state index is 0.739. The van der Waals surface area contributed by atoms with E-state index >= 15 is 0 Å². The largest absolute Gasteiger partial charge is 0.492 e. The van der Waals surface area contributed by atoms with Crippen molar-refractivity contribution in [2.75, 3.05) is 31.7 Å². The van der Waals surface area contributed by atoms with Crippen molar-refractivity contribution in [1.82, 2.24) is 4.90 Å². The molecular formula is C20H25N3O. The summed E-state index contributed by atoms with van der Waals surface area (Å²) >= 11 is 0. The van der Waals surface area contributed by atoms with E-state index in [1.54, 1.807) is 0 Å². The number of benzene rings is 2. The predicted molar refractivity (Wildman–Crippen MR) is 99.9 cm³/mol. The van der Waals surface area contributed by atoms with Gasteiger partial charge in [0.2, 0.25) is 0 Å². The van der Waals surface area contributed by atoms with Gasteiger partial charge in [0, 0.05) is 6.54 Å². The lowest BCUT2D eigenvalue weighted by Gasteiger charge is -2.26. The highest BCUT2D eigenvalue weighted by Gasteiger charge is 2.09. The van der Waals surface area contributed by atoms with E-state index in [1.807, 2.05) is 60.8 Å². The fraction of sp³-hybridized carbons (Fsp3) is 0.350. The average molecular weight is 323 g/mol. The molecule has 1 aliphatic heterocycles. The Hall–Kier alpha value is -2.33. The van der Waals surface area contributed by atoms with E-state index < -0.39 is 0 Å². The molecule has 0 saturated carbocycles. The summed E-state index contributed by atoms with van der Waals surface area (Å²) in [7, 11) is 0. The third kappa shape index (κ3) is 5.39. The van der Waals surface area contributed by atoms with Crippen LogP contribution in [0.4, 0.5) is 5.69 Å². The van der Waals surface area contributed by atoms with E-state index in [0.29, 0.717) is 0 Å². The van der Waals surface area contributed by atoms with Gasteiger partial charge in [-0.05, 0) is 55.8 Å². The summed E-state index contributed by atoms with van der Waals surface area (Å²) in [6.07, 6.45) is 5.82. The molecule has 0 spiro atoms. The van der Waals surface area contributed by atoms with Crippen LogP contribution in [0.15, 0.2) is 59.7 Å². The van der Waals surface area contributed by atoms with Crippen molar-refractivity contribution in [3.8, 4) is 5.75 Å². The van der Waals surface area contributed by atoms with Gasteiger partial charge in [-0.15, -0.1) is 0 Å². The molecule has 24 heavy (non-hydrogen) atoms. The Labute approximate surface area is 144 Å². The summed E-state index contributed by atoms with van der Waals surface area (Å²) in [4.78, 5) is 2.48. The molecule has 4 nitrogen and oxygen atoms in total. The Kier molecular flexibility index (Phi) is 6.26. The number of piperidine rings is 1. The molecule has 0 unspecified atom stereocenters. The maximum Gasteiger partial charge on any atom is 0.120 e. The van der Waals surface area contributed by atoms with Crippen LogP contribution in [0.1, 0.15) is 24.8 Å². The fourth-order valence-electron chi connectivity index (χ4n) is 2.85. The van der Waals surface area contributed by atoms with Gasteiger partial charge < -0.3 is 4.74 Å². The van der Waals surface area contributed by atoms with Gasteiger partial charge in [-0.25, -0.2) is 0 Å². The number of para-hydroxylation sites is 1. The van der Waals surface area contributed by atoms with E-state index in [-0.39, 0.29) is 0 Å². The smallest absolute Gasteiger partial charge is 0.120 e. The second kappa shape index (κ2) is 9.08. The first kappa shape index (κ1) is 16.5. The van der Waals surface area contributed by atoms with Gasteiger partial charge in [0.25, 0.3) is 0 Å². The number of nitrogens with one attached hydrogen (secondary N) is 1. The zero-order chi connectivity index (χ0) is 16.5. The van der Waals surface area contributed by atoms with Crippen LogP contribution in [0.2, 0.25) is 0 Å². The van der Waals surface area contributed by atoms with Gasteiger partial charge >= 0.3 is 0 Å². The fourth-order valence-corrected chi connectivity index (χ4v) is 2.85. The zero-order valence-electron chi connectivity index (χ0n) is 14.0. The van der Waals surface area contributed by atoms with E-state index in [9.17, 15) is 0 Å². The first-order valence-electron chi connectivity index (χ1n) is 8.69. The molecule has 1 aliphatic rings. The highest BCUT2D eigenvalue weighted by Crippen LogP contribution is 2.13. The molecule has 3 rings (SSSR count). The number of ether oxygens (including phenoxy) is 1. The van der Waals surface area contributed by atoms with Crippen LogP contribution in [-0.4, -0.2) is 37.4 Å². The molecule has 126 valence electrons. The maximum absolute atomic E-state index is 5.89. The van der Waals surface area contributed by atoms with Gasteiger partial charge in [-0.3, -0.25) is 10.3 Å². The summed E-state index contributed by atoms with van der Waals surface area (Å²) in [5.41, 5.74) is 5.02. The summed E-state index contributed by atoms with van der Waals surface area (Å²) in [5, 5.41) is 4.27. The summed E-state index contributed by atoms with van der Waals surface area (Å²) in [5.74, 6) is 0.899. The van der Waals surface area contributed by atoms with Gasteiger partial charge in [0.15, 0.2) is 0 Å². The molecule has 2 aromatic rings. The molecule has 0 bridgehead atoms. The van der Waals surface area contributed by atoms with Crippen molar-refractivity contribution >= 4 is 11.9 Å². The summed E-state index contributed by atoms with van der Waals surface area (Å²) in [6, 6.07) is 18.0. The Morgan fingerprint density at radius 1 is 1.00 bits per heavy atom. The van der Waals surface area contributed by atoms with E-state index in [1.165, 1.54) is 32.4 Å². The topological polar surface area (TPSA) is 36.9 Å². The number of hydrazone groups is 1. The molecule has 2 aromatic carbocycles. The van der Waals surface area contributed by atoms with Crippen LogP contribution in [-0.2, 0) is 0 Å². The van der Waals surface area contributed by atoms with Gasteiger partial charge in [0.05, 0.1) is 11.9 Å². The van der Waals surface area contributed by atoms with Crippen LogP contribution in [0.5, 0.6) is 5.75 Å². The lowest BCUT2D eigenvalue weighted by atomic mass is 10.1. The number of rotatable bonds is 7. The van der Waals surface area contributed by atoms with Crippen molar-refractivity contribution in [1.29, 1.82) is 0 Å². The number of hydrogen-bond donors (Lipinski definition) is 1. The highest BCUT2D eigenvalue weighted by atomic mass is 16.5. The molecule has 0 aliphatic carbocycles. The summed E-state index contributed by atoms with van der Waals surface area (Å²) < 4.78 is 5.89. The normalized spacial score (nSPS) is 15.5. The SMILES string of the molecule is C(=NNc1ccccc1)c1cccc(OCCN2CCCCC2)c1. The first-order chi connectivity index (χ1) is 11.9. The van der Waals surface area contributed by atoms with Gasteiger partial charge in [-0.2, -0.15) is 5.10 Å². The number of likely N-dealkylation sites (tertiary alicyclic amines) is 1. The van der Waals surface area contributed by atoms with Crippen molar-refractivity contribution in [3.05, 3.63) is 60.2 Å². The molecule has 0 amide bonds. The Balaban J connectivity index is 1.46. The van der Waals surface area contributed by atoms with Crippen LogP contribution in [0.25, 0.3) is 0 Å². The molecular weight excluding hydrogens is 298 g/mol. The number of anilines is 1. The molecule has 1 N–H and O–H groups in total. The molecule has 1 saturated heterocycles. The zero-order valence-corrected chi connectivity index (χ0v) is 14.0. The monoisotopic (exact) mass is 323 g/mol. The third-order valence-electron chi connectivity index (χ3n) is 4.16. The van der Waals surface area contributed by atoms with Crippen molar-refractivity contribution < 1.29 is 4.74 Å². The van der Waals surface area contributed by atoms with Crippen molar-refractivity contribution in [3.63, 3.8) is 0 Å². The average Bonchev–Trinajstić information content (AvgIpc) is 2.64. The van der Waals surface area contributed by atoms with Crippen LogP contribution < -0.4 is 10.2 Å². The molecule has 0 atom stereocenters. The van der Waals surface area contributed by atoms with Crippen LogP contribution in [0, 0.1) is 0 Å². The van der Waals surface area contributed by atoms with E-state index in [4.69, 9.17) is 4.74 Å².